The van der Waals surface area contributed by atoms with E-state index in [4.69, 9.17) is 4.74 Å². The molecule has 0 N–H and O–H groups in total. The van der Waals surface area contributed by atoms with E-state index in [1.54, 1.807) is 0 Å². The van der Waals surface area contributed by atoms with Gasteiger partial charge in [0.05, 0.1) is 22.8 Å². The van der Waals surface area contributed by atoms with Crippen molar-refractivity contribution < 1.29 is 44.2 Å². The summed E-state index contributed by atoms with van der Waals surface area (Å²) in [7, 11) is 0. The molecule has 1 atom stereocenters. The van der Waals surface area contributed by atoms with Crippen LogP contribution in [0.2, 0.25) is 0 Å². The number of benzene rings is 1. The van der Waals surface area contributed by atoms with E-state index in [1.807, 2.05) is 25.1 Å². The van der Waals surface area contributed by atoms with Crippen molar-refractivity contribution in [1.29, 1.82) is 0 Å². The summed E-state index contributed by atoms with van der Waals surface area (Å²) < 4.78 is 6.46. The normalized spacial score (nSPS) is 17.4. The maximum Gasteiger partial charge on any atom is 1.00 e. The Morgan fingerprint density at radius 2 is 2.33 bits per heavy atom. The first-order valence-electron chi connectivity index (χ1n) is 6.12. The topological polar surface area (TPSA) is 74.6 Å². The fourth-order valence-electron chi connectivity index (χ4n) is 1.86. The molecule has 0 spiro atoms. The number of aliphatic imine (C=N–C) groups is 1. The molecule has 21 heavy (non-hydrogen) atoms. The Hall–Kier alpha value is -0.600. The SMILES string of the molecule is CCOc1ccc2nc(C3=N[C@@H](C(=O)[O-])CS3)sc2c1.[Na+]. The summed E-state index contributed by atoms with van der Waals surface area (Å²) >= 11 is 2.90. The number of carbonyl (C=O) groups is 1. The summed E-state index contributed by atoms with van der Waals surface area (Å²) in [6.45, 7) is 2.55. The number of nitrogens with zero attached hydrogens (tertiary/aromatic N) is 2. The van der Waals surface area contributed by atoms with Crippen LogP contribution in [0.4, 0.5) is 0 Å². The van der Waals surface area contributed by atoms with E-state index >= 15 is 0 Å². The van der Waals surface area contributed by atoms with Crippen LogP contribution in [0.3, 0.4) is 0 Å². The number of fused-ring (bicyclic) bond motifs is 1. The fourth-order valence-corrected chi connectivity index (χ4v) is 3.95. The van der Waals surface area contributed by atoms with Crippen molar-refractivity contribution >= 4 is 44.3 Å². The van der Waals surface area contributed by atoms with Gasteiger partial charge in [-0.3, -0.25) is 4.99 Å². The number of hydrogen-bond acceptors (Lipinski definition) is 7. The molecule has 2 aromatic rings. The van der Waals surface area contributed by atoms with Gasteiger partial charge in [-0.2, -0.15) is 0 Å². The second-order valence-corrected chi connectivity index (χ2v) is 6.20. The number of aromatic nitrogens is 1. The van der Waals surface area contributed by atoms with Crippen LogP contribution >= 0.6 is 23.1 Å². The third-order valence-electron chi connectivity index (χ3n) is 2.78. The third kappa shape index (κ3) is 3.60. The minimum Gasteiger partial charge on any atom is -0.548 e. The minimum atomic E-state index is -1.13. The van der Waals surface area contributed by atoms with Crippen molar-refractivity contribution in [3.63, 3.8) is 0 Å². The van der Waals surface area contributed by atoms with Gasteiger partial charge in [0.2, 0.25) is 0 Å². The molecule has 0 unspecified atom stereocenters. The molecule has 0 fully saturated rings. The predicted molar refractivity (Wildman–Crippen MR) is 78.6 cm³/mol. The van der Waals surface area contributed by atoms with Crippen LogP contribution in [-0.2, 0) is 4.79 Å². The molecule has 8 heteroatoms. The standard InChI is InChI=1S/C13H12N2O3S2.Na/c1-2-18-7-3-4-8-10(5-7)20-12(14-8)11-15-9(6-19-11)13(16)17;/h3-5,9H,2,6H2,1H3,(H,16,17);/q;+1/p-1/t9-;/m1./s1. The molecule has 0 saturated carbocycles. The summed E-state index contributed by atoms with van der Waals surface area (Å²) in [5.74, 6) is 0.0914. The van der Waals surface area contributed by atoms with Crippen molar-refractivity contribution in [2.45, 2.75) is 13.0 Å². The molecule has 0 aliphatic carbocycles. The first-order chi connectivity index (χ1) is 9.67. The average molecular weight is 330 g/mol. The zero-order valence-electron chi connectivity index (χ0n) is 11.7. The summed E-state index contributed by atoms with van der Waals surface area (Å²) in [6, 6.07) is 4.96. The number of thiazole rings is 1. The van der Waals surface area contributed by atoms with E-state index < -0.39 is 12.0 Å². The number of thioether (sulfide) groups is 1. The molecule has 5 nitrogen and oxygen atoms in total. The van der Waals surface area contributed by atoms with Crippen molar-refractivity contribution in [3.8, 4) is 5.75 Å². The largest absolute Gasteiger partial charge is 1.00 e. The van der Waals surface area contributed by atoms with Gasteiger partial charge in [0.25, 0.3) is 0 Å². The van der Waals surface area contributed by atoms with E-state index in [2.05, 4.69) is 9.98 Å². The Morgan fingerprint density at radius 3 is 3.00 bits per heavy atom. The van der Waals surface area contributed by atoms with Gasteiger partial charge in [-0.25, -0.2) is 4.98 Å². The Kier molecular flexibility index (Phi) is 5.67. The quantitative estimate of drug-likeness (QED) is 0.626. The number of rotatable bonds is 4. The molecule has 0 radical (unpaired) electrons. The van der Waals surface area contributed by atoms with E-state index in [9.17, 15) is 9.90 Å². The molecular formula is C13H11N2NaO3S2. The zero-order chi connectivity index (χ0) is 14.1. The van der Waals surface area contributed by atoms with Gasteiger partial charge in [0.1, 0.15) is 21.8 Å². The van der Waals surface area contributed by atoms with Crippen LogP contribution in [0.1, 0.15) is 11.9 Å². The summed E-state index contributed by atoms with van der Waals surface area (Å²) in [5.41, 5.74) is 0.869. The van der Waals surface area contributed by atoms with Gasteiger partial charge in [-0.1, -0.05) is 0 Å². The van der Waals surface area contributed by atoms with E-state index in [0.717, 1.165) is 21.0 Å². The Morgan fingerprint density at radius 1 is 1.52 bits per heavy atom. The second-order valence-electron chi connectivity index (χ2n) is 4.16. The van der Waals surface area contributed by atoms with Crippen LogP contribution in [0.25, 0.3) is 10.2 Å². The van der Waals surface area contributed by atoms with Crippen molar-refractivity contribution in [3.05, 3.63) is 23.2 Å². The number of aliphatic carboxylic acids is 1. The predicted octanol–water partition coefficient (Wildman–Crippen LogP) is -1.69. The number of ether oxygens (including phenoxy) is 1. The molecule has 1 aromatic heterocycles. The van der Waals surface area contributed by atoms with Crippen LogP contribution in [0.15, 0.2) is 23.2 Å². The number of hydrogen-bond donors (Lipinski definition) is 0. The molecule has 104 valence electrons. The maximum atomic E-state index is 10.8. The monoisotopic (exact) mass is 330 g/mol. The molecule has 1 aliphatic heterocycles. The smallest absolute Gasteiger partial charge is 0.548 e. The Bertz CT molecular complexity index is 702. The van der Waals surface area contributed by atoms with Gasteiger partial charge < -0.3 is 14.6 Å². The molecule has 3 rings (SSSR count). The van der Waals surface area contributed by atoms with E-state index in [1.165, 1.54) is 23.1 Å². The van der Waals surface area contributed by atoms with Gasteiger partial charge in [-0.05, 0) is 25.1 Å². The van der Waals surface area contributed by atoms with Crippen LogP contribution < -0.4 is 39.4 Å². The van der Waals surface area contributed by atoms with Crippen molar-refractivity contribution in [2.75, 3.05) is 12.4 Å². The van der Waals surface area contributed by atoms with Crippen LogP contribution in [-0.4, -0.2) is 34.4 Å². The van der Waals surface area contributed by atoms with Gasteiger partial charge in [-0.15, -0.1) is 23.1 Å². The second kappa shape index (κ2) is 7.11. The van der Waals surface area contributed by atoms with Gasteiger partial charge >= 0.3 is 29.6 Å². The zero-order valence-corrected chi connectivity index (χ0v) is 15.3. The summed E-state index contributed by atoms with van der Waals surface area (Å²) in [5, 5.41) is 12.2. The summed E-state index contributed by atoms with van der Waals surface area (Å²) in [6.07, 6.45) is 0. The molecular weight excluding hydrogens is 319 g/mol. The first kappa shape index (κ1) is 16.8. The molecule has 0 bridgehead atoms. The van der Waals surface area contributed by atoms with Gasteiger partial charge in [0.15, 0.2) is 0 Å². The van der Waals surface area contributed by atoms with Crippen LogP contribution in [0.5, 0.6) is 5.75 Å². The average Bonchev–Trinajstić information content (AvgIpc) is 3.05. The van der Waals surface area contributed by atoms with Crippen molar-refractivity contribution in [2.24, 2.45) is 4.99 Å². The van der Waals surface area contributed by atoms with Crippen LogP contribution in [0, 0.1) is 0 Å². The fraction of sp³-hybridized carbons (Fsp3) is 0.308. The molecule has 1 aliphatic rings. The molecule has 2 heterocycles. The van der Waals surface area contributed by atoms with E-state index in [-0.39, 0.29) is 29.6 Å². The minimum absolute atomic E-state index is 0. The number of carboxylic acids is 1. The van der Waals surface area contributed by atoms with Crippen molar-refractivity contribution in [1.82, 2.24) is 4.98 Å². The van der Waals surface area contributed by atoms with E-state index in [0.29, 0.717) is 17.4 Å². The molecule has 0 saturated heterocycles. The van der Waals surface area contributed by atoms with Gasteiger partial charge in [0, 0.05) is 5.75 Å². The molecule has 0 amide bonds. The maximum absolute atomic E-state index is 10.8. The summed E-state index contributed by atoms with van der Waals surface area (Å²) in [4.78, 5) is 19.4. The number of carbonyl (C=O) groups excluding carboxylic acids is 1. The number of carboxylic acid groups (broad SMARTS) is 1. The third-order valence-corrected chi connectivity index (χ3v) is 4.99. The molecule has 1 aromatic carbocycles. The Labute approximate surface area is 152 Å². The Balaban J connectivity index is 0.00000161. The first-order valence-corrected chi connectivity index (χ1v) is 7.93.